The highest BCUT2D eigenvalue weighted by Gasteiger charge is 2.22. The molecule has 122 valence electrons. The van der Waals surface area contributed by atoms with Crippen LogP contribution in [0.3, 0.4) is 0 Å². The van der Waals surface area contributed by atoms with E-state index in [0.717, 1.165) is 15.0 Å². The first-order valence-electron chi connectivity index (χ1n) is 7.38. The maximum atomic E-state index is 12.1. The second-order valence-corrected chi connectivity index (χ2v) is 8.00. The molecule has 1 amide bonds. The topological polar surface area (TPSA) is 66.9 Å². The van der Waals surface area contributed by atoms with E-state index in [-0.39, 0.29) is 11.9 Å². The van der Waals surface area contributed by atoms with Gasteiger partial charge in [0.05, 0.1) is 11.8 Å². The number of benzene rings is 1. The van der Waals surface area contributed by atoms with Crippen LogP contribution in [0.4, 0.5) is 5.13 Å². The first-order valence-corrected chi connectivity index (χ1v) is 9.56. The first kappa shape index (κ1) is 16.5. The highest BCUT2D eigenvalue weighted by atomic mass is 35.5. The number of carbonyl (C=O) groups excluding carboxylic acids is 1. The summed E-state index contributed by atoms with van der Waals surface area (Å²) >= 11 is 9.03. The van der Waals surface area contributed by atoms with Crippen LogP contribution in [-0.2, 0) is 4.79 Å². The van der Waals surface area contributed by atoms with E-state index in [9.17, 15) is 4.79 Å². The highest BCUT2D eigenvalue weighted by molar-refractivity contribution is 8.01. The summed E-state index contributed by atoms with van der Waals surface area (Å²) in [7, 11) is 0. The minimum Gasteiger partial charge on any atom is -0.357 e. The van der Waals surface area contributed by atoms with Gasteiger partial charge in [-0.25, -0.2) is 0 Å². The number of aromatic nitrogens is 2. The van der Waals surface area contributed by atoms with E-state index in [2.05, 4.69) is 20.8 Å². The fourth-order valence-corrected chi connectivity index (χ4v) is 3.98. The van der Waals surface area contributed by atoms with Gasteiger partial charge in [-0.2, -0.15) is 0 Å². The van der Waals surface area contributed by atoms with Gasteiger partial charge in [0, 0.05) is 11.1 Å². The van der Waals surface area contributed by atoms with Crippen LogP contribution in [0.2, 0.25) is 5.02 Å². The number of carbonyl (C=O) groups is 1. The van der Waals surface area contributed by atoms with E-state index in [1.54, 1.807) is 0 Å². The van der Waals surface area contributed by atoms with Gasteiger partial charge in [-0.3, -0.25) is 4.79 Å². The lowest BCUT2D eigenvalue weighted by molar-refractivity contribution is -0.119. The zero-order valence-corrected chi connectivity index (χ0v) is 15.0. The Balaban J connectivity index is 1.47. The quantitative estimate of drug-likeness (QED) is 0.729. The van der Waals surface area contributed by atoms with Gasteiger partial charge in [-0.1, -0.05) is 52.9 Å². The SMILES string of the molecule is CC(NC(=O)CSc1nnc(NC2CC2)s1)c1ccccc1Cl. The van der Waals surface area contributed by atoms with Crippen LogP contribution >= 0.6 is 34.7 Å². The number of halogens is 1. The molecule has 0 radical (unpaired) electrons. The summed E-state index contributed by atoms with van der Waals surface area (Å²) in [6.07, 6.45) is 2.40. The maximum Gasteiger partial charge on any atom is 0.230 e. The van der Waals surface area contributed by atoms with Crippen LogP contribution in [0, 0.1) is 0 Å². The molecule has 1 saturated carbocycles. The Kier molecular flexibility index (Phi) is 5.40. The van der Waals surface area contributed by atoms with E-state index < -0.39 is 0 Å². The zero-order chi connectivity index (χ0) is 16.2. The third-order valence-electron chi connectivity index (χ3n) is 3.39. The third kappa shape index (κ3) is 4.83. The largest absolute Gasteiger partial charge is 0.357 e. The molecule has 1 aromatic carbocycles. The van der Waals surface area contributed by atoms with E-state index in [1.807, 2.05) is 31.2 Å². The molecular formula is C15H17ClN4OS2. The molecule has 23 heavy (non-hydrogen) atoms. The summed E-state index contributed by atoms with van der Waals surface area (Å²) in [5, 5.41) is 15.9. The van der Waals surface area contributed by atoms with Crippen molar-refractivity contribution in [3.63, 3.8) is 0 Å². The molecule has 1 unspecified atom stereocenters. The number of nitrogens with zero attached hydrogens (tertiary/aromatic N) is 2. The molecule has 2 aromatic rings. The normalized spacial score (nSPS) is 15.2. The molecule has 3 rings (SSSR count). The summed E-state index contributed by atoms with van der Waals surface area (Å²) in [5.74, 6) is 0.265. The Labute approximate surface area is 148 Å². The van der Waals surface area contributed by atoms with Crippen LogP contribution in [0.1, 0.15) is 31.4 Å². The van der Waals surface area contributed by atoms with Crippen LogP contribution in [-0.4, -0.2) is 27.9 Å². The number of rotatable bonds is 7. The molecule has 0 aliphatic heterocycles. The summed E-state index contributed by atoms with van der Waals surface area (Å²) in [5.41, 5.74) is 0.916. The molecule has 1 fully saturated rings. The number of anilines is 1. The third-order valence-corrected chi connectivity index (χ3v) is 5.72. The summed E-state index contributed by atoms with van der Waals surface area (Å²) in [4.78, 5) is 12.1. The molecule has 1 atom stereocenters. The Morgan fingerprint density at radius 2 is 2.22 bits per heavy atom. The molecule has 1 aliphatic carbocycles. The van der Waals surface area contributed by atoms with Crippen molar-refractivity contribution in [2.75, 3.05) is 11.1 Å². The molecule has 0 saturated heterocycles. The van der Waals surface area contributed by atoms with Gasteiger partial charge < -0.3 is 10.6 Å². The fraction of sp³-hybridized carbons (Fsp3) is 0.400. The number of hydrogen-bond acceptors (Lipinski definition) is 6. The van der Waals surface area contributed by atoms with Gasteiger partial charge in [0.2, 0.25) is 11.0 Å². The molecule has 1 heterocycles. The molecule has 1 aliphatic rings. The Morgan fingerprint density at radius 1 is 1.43 bits per heavy atom. The van der Waals surface area contributed by atoms with Crippen molar-refractivity contribution in [3.05, 3.63) is 34.9 Å². The molecule has 1 aromatic heterocycles. The minimum atomic E-state index is -0.127. The first-order chi connectivity index (χ1) is 11.1. The van der Waals surface area contributed by atoms with Crippen LogP contribution in [0.5, 0.6) is 0 Å². The van der Waals surface area contributed by atoms with Gasteiger partial charge in [0.1, 0.15) is 0 Å². The summed E-state index contributed by atoms with van der Waals surface area (Å²) < 4.78 is 0.800. The van der Waals surface area contributed by atoms with E-state index >= 15 is 0 Å². The lowest BCUT2D eigenvalue weighted by Crippen LogP contribution is -2.28. The predicted octanol–water partition coefficient (Wildman–Crippen LogP) is 3.74. The molecule has 8 heteroatoms. The van der Waals surface area contributed by atoms with E-state index in [1.165, 1.54) is 35.9 Å². The summed E-state index contributed by atoms with van der Waals surface area (Å²) in [6.45, 7) is 1.92. The van der Waals surface area contributed by atoms with E-state index in [4.69, 9.17) is 11.6 Å². The average molecular weight is 369 g/mol. The lowest BCUT2D eigenvalue weighted by Gasteiger charge is -2.15. The smallest absolute Gasteiger partial charge is 0.230 e. The van der Waals surface area contributed by atoms with Crippen molar-refractivity contribution in [2.45, 2.75) is 36.2 Å². The molecular weight excluding hydrogens is 352 g/mol. The van der Waals surface area contributed by atoms with Gasteiger partial charge in [0.15, 0.2) is 4.34 Å². The van der Waals surface area contributed by atoms with Crippen molar-refractivity contribution in [2.24, 2.45) is 0 Å². The highest BCUT2D eigenvalue weighted by Crippen LogP contribution is 2.30. The monoisotopic (exact) mass is 368 g/mol. The Morgan fingerprint density at radius 3 is 2.96 bits per heavy atom. The standard InChI is InChI=1S/C15H17ClN4OS2/c1-9(11-4-2-3-5-12(11)16)17-13(21)8-22-15-20-19-14(23-15)18-10-6-7-10/h2-5,9-10H,6-8H2,1H3,(H,17,21)(H,18,19). The maximum absolute atomic E-state index is 12.1. The van der Waals surface area contributed by atoms with Crippen molar-refractivity contribution >= 4 is 45.7 Å². The number of hydrogen-bond donors (Lipinski definition) is 2. The minimum absolute atomic E-state index is 0.0469. The molecule has 0 spiro atoms. The fourth-order valence-electron chi connectivity index (χ4n) is 2.04. The van der Waals surface area contributed by atoms with Crippen LogP contribution in [0.15, 0.2) is 28.6 Å². The summed E-state index contributed by atoms with van der Waals surface area (Å²) in [6, 6.07) is 7.96. The Bertz CT molecular complexity index is 690. The number of nitrogens with one attached hydrogen (secondary N) is 2. The zero-order valence-electron chi connectivity index (χ0n) is 12.6. The van der Waals surface area contributed by atoms with Crippen molar-refractivity contribution in [1.82, 2.24) is 15.5 Å². The second-order valence-electron chi connectivity index (χ2n) is 5.39. The Hall–Kier alpha value is -1.31. The molecule has 0 bridgehead atoms. The second kappa shape index (κ2) is 7.51. The van der Waals surface area contributed by atoms with Gasteiger partial charge in [-0.15, -0.1) is 10.2 Å². The van der Waals surface area contributed by atoms with Crippen LogP contribution in [0.25, 0.3) is 0 Å². The average Bonchev–Trinajstić information content (AvgIpc) is 3.22. The van der Waals surface area contributed by atoms with Gasteiger partial charge >= 0.3 is 0 Å². The van der Waals surface area contributed by atoms with E-state index in [0.29, 0.717) is 16.8 Å². The van der Waals surface area contributed by atoms with Crippen molar-refractivity contribution in [3.8, 4) is 0 Å². The molecule has 5 nitrogen and oxygen atoms in total. The van der Waals surface area contributed by atoms with Gasteiger partial charge in [-0.05, 0) is 31.4 Å². The predicted molar refractivity (Wildman–Crippen MR) is 95.3 cm³/mol. The number of amides is 1. The number of thioether (sulfide) groups is 1. The van der Waals surface area contributed by atoms with Gasteiger partial charge in [0.25, 0.3) is 0 Å². The lowest BCUT2D eigenvalue weighted by atomic mass is 10.1. The van der Waals surface area contributed by atoms with Crippen LogP contribution < -0.4 is 10.6 Å². The molecule has 2 N–H and O–H groups in total. The van der Waals surface area contributed by atoms with Crippen molar-refractivity contribution < 1.29 is 4.79 Å². The van der Waals surface area contributed by atoms with Crippen molar-refractivity contribution in [1.29, 1.82) is 0 Å².